The molecule has 0 saturated carbocycles. The number of aromatic nitrogens is 2. The maximum absolute atomic E-state index is 4.36. The van der Waals surface area contributed by atoms with Crippen molar-refractivity contribution in [1.82, 2.24) is 9.97 Å². The number of nitrogens with one attached hydrogen (secondary N) is 1. The topological polar surface area (TPSA) is 28.7 Å². The molecular weight excluding hydrogens is 160 g/mol. The Morgan fingerprint density at radius 3 is 2.62 bits per heavy atom. The highest BCUT2D eigenvalue weighted by molar-refractivity contribution is 5.18. The minimum absolute atomic E-state index is 0.528. The molecule has 0 radical (unpaired) electrons. The first kappa shape index (κ1) is 10.3. The second-order valence-electron chi connectivity index (χ2n) is 4.05. The van der Waals surface area contributed by atoms with Crippen molar-refractivity contribution in [2.24, 2.45) is 0 Å². The van der Waals surface area contributed by atoms with Crippen LogP contribution < -0.4 is 0 Å². The van der Waals surface area contributed by atoms with Gasteiger partial charge < -0.3 is 4.98 Å². The van der Waals surface area contributed by atoms with Crippen LogP contribution in [-0.4, -0.2) is 9.97 Å². The Kier molecular flexibility index (Phi) is 3.52. The van der Waals surface area contributed by atoms with Crippen LogP contribution in [0.15, 0.2) is 6.33 Å². The number of imidazole rings is 1. The molecule has 1 aromatic rings. The standard InChI is InChI=1S/C11H20N2/c1-5-6-9(4)11-10(8(2)3)12-7-13-11/h7-9H,5-6H2,1-4H3,(H,12,13). The van der Waals surface area contributed by atoms with Gasteiger partial charge in [-0.05, 0) is 18.3 Å². The van der Waals surface area contributed by atoms with Gasteiger partial charge in [0.1, 0.15) is 0 Å². The maximum atomic E-state index is 4.36. The highest BCUT2D eigenvalue weighted by Gasteiger charge is 2.14. The Morgan fingerprint density at radius 2 is 2.08 bits per heavy atom. The van der Waals surface area contributed by atoms with Gasteiger partial charge in [0, 0.05) is 5.69 Å². The fourth-order valence-corrected chi connectivity index (χ4v) is 1.75. The van der Waals surface area contributed by atoms with E-state index in [1.54, 1.807) is 0 Å². The van der Waals surface area contributed by atoms with E-state index in [4.69, 9.17) is 0 Å². The van der Waals surface area contributed by atoms with Gasteiger partial charge in [-0.3, -0.25) is 0 Å². The second-order valence-corrected chi connectivity index (χ2v) is 4.05. The van der Waals surface area contributed by atoms with Gasteiger partial charge in [-0.2, -0.15) is 0 Å². The van der Waals surface area contributed by atoms with E-state index in [9.17, 15) is 0 Å². The summed E-state index contributed by atoms with van der Waals surface area (Å²) in [7, 11) is 0. The summed E-state index contributed by atoms with van der Waals surface area (Å²) in [4.78, 5) is 7.62. The van der Waals surface area contributed by atoms with Crippen LogP contribution in [0, 0.1) is 0 Å². The predicted molar refractivity (Wildman–Crippen MR) is 56.0 cm³/mol. The van der Waals surface area contributed by atoms with Crippen molar-refractivity contribution < 1.29 is 0 Å². The van der Waals surface area contributed by atoms with E-state index < -0.39 is 0 Å². The van der Waals surface area contributed by atoms with Crippen molar-refractivity contribution in [3.63, 3.8) is 0 Å². The number of nitrogens with zero attached hydrogens (tertiary/aromatic N) is 1. The summed E-state index contributed by atoms with van der Waals surface area (Å²) in [6.07, 6.45) is 4.29. The summed E-state index contributed by atoms with van der Waals surface area (Å²) < 4.78 is 0. The predicted octanol–water partition coefficient (Wildman–Crippen LogP) is 3.44. The highest BCUT2D eigenvalue weighted by Crippen LogP contribution is 2.25. The summed E-state index contributed by atoms with van der Waals surface area (Å²) >= 11 is 0. The van der Waals surface area contributed by atoms with E-state index in [1.165, 1.54) is 24.2 Å². The lowest BCUT2D eigenvalue weighted by Crippen LogP contribution is -2.00. The van der Waals surface area contributed by atoms with Crippen LogP contribution in [0.5, 0.6) is 0 Å². The molecule has 0 aliphatic rings. The van der Waals surface area contributed by atoms with Crippen LogP contribution in [0.4, 0.5) is 0 Å². The zero-order chi connectivity index (χ0) is 9.84. The summed E-state index contributed by atoms with van der Waals surface area (Å²) in [5, 5.41) is 0. The average molecular weight is 180 g/mol. The van der Waals surface area contributed by atoms with Crippen LogP contribution >= 0.6 is 0 Å². The molecule has 0 amide bonds. The zero-order valence-corrected chi connectivity index (χ0v) is 9.09. The van der Waals surface area contributed by atoms with Gasteiger partial charge in [0.2, 0.25) is 0 Å². The van der Waals surface area contributed by atoms with Gasteiger partial charge >= 0.3 is 0 Å². The first-order chi connectivity index (χ1) is 6.16. The van der Waals surface area contributed by atoms with Crippen molar-refractivity contribution in [3.05, 3.63) is 17.7 Å². The normalized spacial score (nSPS) is 13.6. The third-order valence-corrected chi connectivity index (χ3v) is 2.46. The van der Waals surface area contributed by atoms with Crippen molar-refractivity contribution in [2.45, 2.75) is 52.4 Å². The molecule has 0 aliphatic heterocycles. The number of rotatable bonds is 4. The molecule has 2 nitrogen and oxygen atoms in total. The fraction of sp³-hybridized carbons (Fsp3) is 0.727. The molecule has 74 valence electrons. The molecule has 1 N–H and O–H groups in total. The lowest BCUT2D eigenvalue weighted by atomic mass is 9.96. The molecule has 0 aromatic carbocycles. The van der Waals surface area contributed by atoms with Gasteiger partial charge in [-0.1, -0.05) is 34.1 Å². The maximum Gasteiger partial charge on any atom is 0.0925 e. The molecule has 2 heteroatoms. The molecule has 0 fully saturated rings. The Balaban J connectivity index is 2.80. The zero-order valence-electron chi connectivity index (χ0n) is 9.09. The minimum atomic E-state index is 0.528. The van der Waals surface area contributed by atoms with Crippen LogP contribution in [0.3, 0.4) is 0 Å². The van der Waals surface area contributed by atoms with Crippen LogP contribution in [0.2, 0.25) is 0 Å². The number of hydrogen-bond acceptors (Lipinski definition) is 1. The molecule has 1 unspecified atom stereocenters. The first-order valence-electron chi connectivity index (χ1n) is 5.20. The smallest absolute Gasteiger partial charge is 0.0925 e. The Bertz CT molecular complexity index is 250. The molecule has 1 atom stereocenters. The van der Waals surface area contributed by atoms with E-state index >= 15 is 0 Å². The minimum Gasteiger partial charge on any atom is -0.348 e. The second kappa shape index (κ2) is 4.45. The summed E-state index contributed by atoms with van der Waals surface area (Å²) in [6.45, 7) is 8.88. The average Bonchev–Trinajstić information content (AvgIpc) is 2.52. The van der Waals surface area contributed by atoms with E-state index in [0.717, 1.165) is 0 Å². The molecule has 1 heterocycles. The van der Waals surface area contributed by atoms with E-state index in [0.29, 0.717) is 11.8 Å². The fourth-order valence-electron chi connectivity index (χ4n) is 1.75. The summed E-state index contributed by atoms with van der Waals surface area (Å²) in [5.41, 5.74) is 2.57. The van der Waals surface area contributed by atoms with E-state index in [-0.39, 0.29) is 0 Å². The lowest BCUT2D eigenvalue weighted by Gasteiger charge is -2.11. The van der Waals surface area contributed by atoms with Crippen LogP contribution in [0.25, 0.3) is 0 Å². The number of hydrogen-bond donors (Lipinski definition) is 1. The van der Waals surface area contributed by atoms with Gasteiger partial charge in [0.15, 0.2) is 0 Å². The van der Waals surface area contributed by atoms with Crippen LogP contribution in [-0.2, 0) is 0 Å². The largest absolute Gasteiger partial charge is 0.348 e. The van der Waals surface area contributed by atoms with Gasteiger partial charge in [-0.15, -0.1) is 0 Å². The third-order valence-electron chi connectivity index (χ3n) is 2.46. The summed E-state index contributed by atoms with van der Waals surface area (Å²) in [5.74, 6) is 1.14. The Hall–Kier alpha value is -0.790. The quantitative estimate of drug-likeness (QED) is 0.755. The molecule has 0 spiro atoms. The van der Waals surface area contributed by atoms with Gasteiger partial charge in [0.05, 0.1) is 12.0 Å². The Labute approximate surface area is 80.8 Å². The SMILES string of the molecule is CCCC(C)c1[nH]cnc1C(C)C. The highest BCUT2D eigenvalue weighted by atomic mass is 14.9. The lowest BCUT2D eigenvalue weighted by molar-refractivity contribution is 0.635. The summed E-state index contributed by atoms with van der Waals surface area (Å²) in [6, 6.07) is 0. The monoisotopic (exact) mass is 180 g/mol. The molecule has 0 aliphatic carbocycles. The number of H-pyrrole nitrogens is 1. The molecule has 1 rings (SSSR count). The van der Waals surface area contributed by atoms with Crippen molar-refractivity contribution in [2.75, 3.05) is 0 Å². The molecule has 13 heavy (non-hydrogen) atoms. The van der Waals surface area contributed by atoms with Gasteiger partial charge in [-0.25, -0.2) is 4.98 Å². The van der Waals surface area contributed by atoms with Crippen molar-refractivity contribution in [3.8, 4) is 0 Å². The first-order valence-corrected chi connectivity index (χ1v) is 5.20. The van der Waals surface area contributed by atoms with Gasteiger partial charge in [0.25, 0.3) is 0 Å². The molecule has 0 bridgehead atoms. The van der Waals surface area contributed by atoms with Crippen molar-refractivity contribution in [1.29, 1.82) is 0 Å². The molecular formula is C11H20N2. The van der Waals surface area contributed by atoms with E-state index in [1.807, 2.05) is 6.33 Å². The Morgan fingerprint density at radius 1 is 1.38 bits per heavy atom. The van der Waals surface area contributed by atoms with Crippen molar-refractivity contribution >= 4 is 0 Å². The molecule has 0 saturated heterocycles. The third kappa shape index (κ3) is 2.33. The molecule has 1 aromatic heterocycles. The number of aromatic amines is 1. The van der Waals surface area contributed by atoms with Crippen LogP contribution in [0.1, 0.15) is 63.8 Å². The van der Waals surface area contributed by atoms with E-state index in [2.05, 4.69) is 37.7 Å².